The highest BCUT2D eigenvalue weighted by Gasteiger charge is 2.26. The molecule has 3 N–H and O–H groups in total. The maximum Gasteiger partial charge on any atom is 0.227 e. The van der Waals surface area contributed by atoms with Gasteiger partial charge in [-0.05, 0) is 58.2 Å². The molecule has 0 saturated heterocycles. The minimum atomic E-state index is -0.546. The fourth-order valence-corrected chi connectivity index (χ4v) is 2.67. The van der Waals surface area contributed by atoms with Crippen LogP contribution in [0.3, 0.4) is 0 Å². The third kappa shape index (κ3) is 9.56. The maximum atomic E-state index is 11.9. The summed E-state index contributed by atoms with van der Waals surface area (Å²) >= 11 is 0. The van der Waals surface area contributed by atoms with Gasteiger partial charge in [0.15, 0.2) is 17.5 Å². The van der Waals surface area contributed by atoms with E-state index in [1.54, 1.807) is 14.2 Å². The quantitative estimate of drug-likeness (QED) is 0.181. The first-order valence-corrected chi connectivity index (χ1v) is 9.92. The molecule has 0 aliphatic rings. The zero-order valence-electron chi connectivity index (χ0n) is 18.6. The minimum Gasteiger partial charge on any atom is -0.493 e. The molecule has 1 amide bonds. The smallest absolute Gasteiger partial charge is 0.227 e. The van der Waals surface area contributed by atoms with E-state index in [1.165, 1.54) is 5.56 Å². The number of hydrogen-bond acceptors (Lipinski definition) is 4. The summed E-state index contributed by atoms with van der Waals surface area (Å²) in [7, 11) is 3.29. The van der Waals surface area contributed by atoms with Crippen molar-refractivity contribution in [1.29, 1.82) is 0 Å². The van der Waals surface area contributed by atoms with Gasteiger partial charge in [-0.15, -0.1) is 24.0 Å². The number of amides is 1. The van der Waals surface area contributed by atoms with E-state index in [1.807, 2.05) is 39.8 Å². The number of nitrogens with zero attached hydrogens (tertiary/aromatic N) is 1. The Morgan fingerprint density at radius 1 is 1.17 bits per heavy atom. The van der Waals surface area contributed by atoms with Crippen LogP contribution in [0.5, 0.6) is 11.5 Å². The van der Waals surface area contributed by atoms with E-state index in [-0.39, 0.29) is 29.9 Å². The molecule has 0 aromatic heterocycles. The number of rotatable bonds is 11. The summed E-state index contributed by atoms with van der Waals surface area (Å²) in [6.45, 7) is 10.3. The zero-order chi connectivity index (χ0) is 21.0. The maximum absolute atomic E-state index is 11.9. The summed E-state index contributed by atoms with van der Waals surface area (Å²) in [4.78, 5) is 16.5. The second-order valence-electron chi connectivity index (χ2n) is 7.11. The van der Waals surface area contributed by atoms with Gasteiger partial charge in [-0.2, -0.15) is 0 Å². The van der Waals surface area contributed by atoms with Crippen LogP contribution >= 0.6 is 24.0 Å². The van der Waals surface area contributed by atoms with Crippen LogP contribution in [-0.2, 0) is 11.2 Å². The summed E-state index contributed by atoms with van der Waals surface area (Å²) in [6, 6.07) is 6.04. The van der Waals surface area contributed by atoms with Crippen LogP contribution in [0.2, 0.25) is 0 Å². The van der Waals surface area contributed by atoms with Crippen molar-refractivity contribution in [1.82, 2.24) is 16.0 Å². The first kappa shape index (κ1) is 27.3. The number of guanidine groups is 1. The Balaban J connectivity index is 0.00000784. The van der Waals surface area contributed by atoms with Crippen LogP contribution < -0.4 is 25.4 Å². The molecule has 0 saturated carbocycles. The van der Waals surface area contributed by atoms with Gasteiger partial charge in [0.1, 0.15) is 0 Å². The Morgan fingerprint density at radius 2 is 1.90 bits per heavy atom. The molecule has 1 rings (SSSR count). The standard InChI is InChI=1S/C21H36N4O3.HI/c1-7-23-20(25-15-21(3,4)19(26)22-5)24-13-9-10-16-11-12-17(27-6)18(14-16)28-8-2;/h11-12,14H,7-10,13,15H2,1-6H3,(H,22,26)(H2,23,24,25);1H. The highest BCUT2D eigenvalue weighted by atomic mass is 127. The molecule has 0 unspecified atom stereocenters. The molecule has 0 aliphatic carbocycles. The van der Waals surface area contributed by atoms with Gasteiger partial charge < -0.3 is 25.4 Å². The molecule has 0 spiro atoms. The second-order valence-corrected chi connectivity index (χ2v) is 7.11. The lowest BCUT2D eigenvalue weighted by atomic mass is 9.93. The monoisotopic (exact) mass is 520 g/mol. The molecule has 166 valence electrons. The zero-order valence-corrected chi connectivity index (χ0v) is 20.9. The van der Waals surface area contributed by atoms with Crippen LogP contribution in [-0.4, -0.2) is 52.3 Å². The molecule has 0 radical (unpaired) electrons. The molecule has 0 bridgehead atoms. The number of ether oxygens (including phenoxy) is 2. The molecule has 7 nitrogen and oxygen atoms in total. The number of aliphatic imine (C=N–C) groups is 1. The fraction of sp³-hybridized carbons (Fsp3) is 0.619. The Morgan fingerprint density at radius 3 is 2.48 bits per heavy atom. The Kier molecular flexibility index (Phi) is 13.5. The van der Waals surface area contributed by atoms with E-state index >= 15 is 0 Å². The van der Waals surface area contributed by atoms with Crippen molar-refractivity contribution in [3.63, 3.8) is 0 Å². The van der Waals surface area contributed by atoms with Gasteiger partial charge >= 0.3 is 0 Å². The van der Waals surface area contributed by atoms with Gasteiger partial charge in [-0.25, -0.2) is 0 Å². The van der Waals surface area contributed by atoms with Gasteiger partial charge in [0.25, 0.3) is 0 Å². The van der Waals surface area contributed by atoms with E-state index in [0.29, 0.717) is 13.2 Å². The third-order valence-corrected chi connectivity index (χ3v) is 4.28. The first-order chi connectivity index (χ1) is 13.4. The number of methoxy groups -OCH3 is 1. The predicted molar refractivity (Wildman–Crippen MR) is 130 cm³/mol. The van der Waals surface area contributed by atoms with Crippen LogP contribution in [0, 0.1) is 5.41 Å². The number of hydrogen-bond donors (Lipinski definition) is 3. The summed E-state index contributed by atoms with van der Waals surface area (Å²) < 4.78 is 11.0. The highest BCUT2D eigenvalue weighted by Crippen LogP contribution is 2.28. The molecule has 0 heterocycles. The van der Waals surface area contributed by atoms with Crippen molar-refractivity contribution in [2.75, 3.05) is 40.4 Å². The van der Waals surface area contributed by atoms with Crippen LogP contribution in [0.15, 0.2) is 23.2 Å². The fourth-order valence-electron chi connectivity index (χ4n) is 2.67. The summed E-state index contributed by atoms with van der Waals surface area (Å²) in [5.74, 6) is 2.24. The van der Waals surface area contributed by atoms with Gasteiger partial charge in [0, 0.05) is 20.1 Å². The van der Waals surface area contributed by atoms with E-state index in [9.17, 15) is 4.79 Å². The summed E-state index contributed by atoms with van der Waals surface area (Å²) in [5, 5.41) is 9.24. The van der Waals surface area contributed by atoms with Crippen molar-refractivity contribution >= 4 is 35.8 Å². The average Bonchev–Trinajstić information content (AvgIpc) is 2.69. The van der Waals surface area contributed by atoms with E-state index in [4.69, 9.17) is 9.47 Å². The van der Waals surface area contributed by atoms with Crippen LogP contribution in [0.1, 0.15) is 39.7 Å². The number of halogens is 1. The predicted octanol–water partition coefficient (Wildman–Crippen LogP) is 2.97. The normalized spacial score (nSPS) is 11.3. The molecule has 1 aromatic rings. The molecule has 8 heteroatoms. The number of nitrogens with one attached hydrogen (secondary N) is 3. The molecular weight excluding hydrogens is 483 g/mol. The summed E-state index contributed by atoms with van der Waals surface area (Å²) in [5.41, 5.74) is 0.657. The van der Waals surface area contributed by atoms with Gasteiger partial charge in [-0.3, -0.25) is 9.79 Å². The lowest BCUT2D eigenvalue weighted by Crippen LogP contribution is -2.41. The van der Waals surface area contributed by atoms with Crippen molar-refractivity contribution in [3.05, 3.63) is 23.8 Å². The van der Waals surface area contributed by atoms with Gasteiger partial charge in [0.2, 0.25) is 5.91 Å². The van der Waals surface area contributed by atoms with Crippen molar-refractivity contribution in [2.45, 2.75) is 40.5 Å². The van der Waals surface area contributed by atoms with Crippen molar-refractivity contribution in [2.24, 2.45) is 10.4 Å². The molecule has 0 atom stereocenters. The minimum absolute atomic E-state index is 0. The van der Waals surface area contributed by atoms with E-state index in [2.05, 4.69) is 27.0 Å². The Labute approximate surface area is 192 Å². The number of carbonyl (C=O) groups is 1. The van der Waals surface area contributed by atoms with Crippen LogP contribution in [0.4, 0.5) is 0 Å². The highest BCUT2D eigenvalue weighted by molar-refractivity contribution is 14.0. The molecule has 29 heavy (non-hydrogen) atoms. The van der Waals surface area contributed by atoms with Gasteiger partial charge in [0.05, 0.1) is 25.7 Å². The SMILES string of the molecule is CCNC(=NCC(C)(C)C(=O)NC)NCCCc1ccc(OC)c(OCC)c1.I. The number of carbonyl (C=O) groups excluding carboxylic acids is 1. The molecule has 0 fully saturated rings. The summed E-state index contributed by atoms with van der Waals surface area (Å²) in [6.07, 6.45) is 1.86. The Bertz CT molecular complexity index is 651. The topological polar surface area (TPSA) is 84.0 Å². The molecular formula is C21H37IN4O3. The molecule has 1 aromatic carbocycles. The Hall–Kier alpha value is -1.71. The van der Waals surface area contributed by atoms with Crippen LogP contribution in [0.25, 0.3) is 0 Å². The third-order valence-electron chi connectivity index (χ3n) is 4.28. The van der Waals surface area contributed by atoms with Gasteiger partial charge in [-0.1, -0.05) is 6.07 Å². The average molecular weight is 520 g/mol. The number of benzene rings is 1. The van der Waals surface area contributed by atoms with Crippen molar-refractivity contribution < 1.29 is 14.3 Å². The number of aryl methyl sites for hydroxylation is 1. The second kappa shape index (κ2) is 14.3. The van der Waals surface area contributed by atoms with Crippen molar-refractivity contribution in [3.8, 4) is 11.5 Å². The van der Waals surface area contributed by atoms with E-state index in [0.717, 1.165) is 43.4 Å². The van der Waals surface area contributed by atoms with E-state index < -0.39 is 5.41 Å². The lowest BCUT2D eigenvalue weighted by Gasteiger charge is -2.21. The first-order valence-electron chi connectivity index (χ1n) is 9.92. The largest absolute Gasteiger partial charge is 0.493 e. The lowest BCUT2D eigenvalue weighted by molar-refractivity contribution is -0.128. The molecule has 0 aliphatic heterocycles.